The van der Waals surface area contributed by atoms with Crippen LogP contribution < -0.4 is 10.2 Å². The maximum Gasteiger partial charge on any atom is 0.228 e. The first-order chi connectivity index (χ1) is 12.7. The highest BCUT2D eigenvalue weighted by atomic mass is 32.2. The number of pyridine rings is 1. The molecule has 26 heavy (non-hydrogen) atoms. The Bertz CT molecular complexity index is 827. The summed E-state index contributed by atoms with van der Waals surface area (Å²) in [6.07, 6.45) is 7.32. The molecule has 1 fully saturated rings. The predicted molar refractivity (Wildman–Crippen MR) is 98.4 cm³/mol. The van der Waals surface area contributed by atoms with Crippen molar-refractivity contribution in [1.82, 2.24) is 15.0 Å². The molecule has 0 saturated heterocycles. The summed E-state index contributed by atoms with van der Waals surface area (Å²) in [5.41, 5.74) is 2.98. The van der Waals surface area contributed by atoms with E-state index in [1.807, 2.05) is 18.5 Å². The van der Waals surface area contributed by atoms with Crippen molar-refractivity contribution in [3.05, 3.63) is 35.3 Å². The summed E-state index contributed by atoms with van der Waals surface area (Å²) in [5.74, 6) is 1.90. The van der Waals surface area contributed by atoms with Gasteiger partial charge in [0, 0.05) is 31.9 Å². The van der Waals surface area contributed by atoms with Crippen LogP contribution in [-0.2, 0) is 30.7 Å². The average molecular weight is 371 g/mol. The number of anilines is 2. The van der Waals surface area contributed by atoms with Gasteiger partial charge in [0.1, 0.15) is 11.4 Å². The van der Waals surface area contributed by atoms with Gasteiger partial charge in [-0.15, -0.1) is 0 Å². The van der Waals surface area contributed by atoms with E-state index in [0.29, 0.717) is 23.9 Å². The van der Waals surface area contributed by atoms with E-state index in [2.05, 4.69) is 15.2 Å². The number of rotatable bonds is 4. The first-order valence-electron chi connectivity index (χ1n) is 9.02. The van der Waals surface area contributed by atoms with E-state index in [1.165, 1.54) is 11.1 Å². The second-order valence-corrected chi connectivity index (χ2v) is 8.87. The SMILES string of the molecule is [O-][S@+]1CCc2nc(N3Cc4ccncc4C3)nc(NC3(CO)CCC3)c21. The van der Waals surface area contributed by atoms with Gasteiger partial charge in [-0.3, -0.25) is 4.98 Å². The maximum absolute atomic E-state index is 12.5. The van der Waals surface area contributed by atoms with Crippen molar-refractivity contribution in [3.8, 4) is 0 Å². The van der Waals surface area contributed by atoms with Crippen LogP contribution in [0, 0.1) is 0 Å². The molecule has 7 nitrogen and oxygen atoms in total. The third-order valence-electron chi connectivity index (χ3n) is 5.68. The maximum atomic E-state index is 12.5. The smallest absolute Gasteiger partial charge is 0.228 e. The van der Waals surface area contributed by atoms with E-state index < -0.39 is 11.2 Å². The number of aryl methyl sites for hydroxylation is 1. The summed E-state index contributed by atoms with van der Waals surface area (Å²) < 4.78 is 12.5. The number of fused-ring (bicyclic) bond motifs is 2. The van der Waals surface area contributed by atoms with Crippen molar-refractivity contribution in [2.45, 2.75) is 49.2 Å². The summed E-state index contributed by atoms with van der Waals surface area (Å²) in [4.78, 5) is 16.5. The number of aromatic nitrogens is 3. The molecule has 1 aliphatic carbocycles. The van der Waals surface area contributed by atoms with Gasteiger partial charge in [0.2, 0.25) is 10.8 Å². The largest absolute Gasteiger partial charge is 0.611 e. The summed E-state index contributed by atoms with van der Waals surface area (Å²) in [6, 6.07) is 2.03. The van der Waals surface area contributed by atoms with E-state index >= 15 is 0 Å². The number of aliphatic hydroxyl groups excluding tert-OH is 1. The zero-order valence-electron chi connectivity index (χ0n) is 14.4. The van der Waals surface area contributed by atoms with Crippen LogP contribution in [0.1, 0.15) is 36.1 Å². The molecule has 2 aromatic rings. The molecular weight excluding hydrogens is 350 g/mol. The molecule has 2 N–H and O–H groups in total. The lowest BCUT2D eigenvalue weighted by Gasteiger charge is -2.41. The molecule has 1 atom stereocenters. The summed E-state index contributed by atoms with van der Waals surface area (Å²) in [6.45, 7) is 1.55. The fourth-order valence-electron chi connectivity index (χ4n) is 3.95. The minimum atomic E-state index is -1.07. The molecule has 0 spiro atoms. The lowest BCUT2D eigenvalue weighted by atomic mass is 9.77. The van der Waals surface area contributed by atoms with Crippen molar-refractivity contribution in [3.63, 3.8) is 0 Å². The standard InChI is InChI=1S/C18H21N5O2S/c24-11-18(4-1-5-18)22-16-15-14(3-7-26(15)25)20-17(21-16)23-9-12-2-6-19-8-13(12)10-23/h2,6,8,24H,1,3-5,7,9-11H2,(H,20,21,22)/t26-/m1/s1. The minimum absolute atomic E-state index is 0.0641. The Balaban J connectivity index is 1.51. The lowest BCUT2D eigenvalue weighted by molar-refractivity contribution is 0.143. The molecule has 1 saturated carbocycles. The van der Waals surface area contributed by atoms with Crippen LogP contribution in [-0.4, -0.2) is 42.5 Å². The van der Waals surface area contributed by atoms with Crippen molar-refractivity contribution in [2.75, 3.05) is 22.6 Å². The zero-order valence-corrected chi connectivity index (χ0v) is 15.3. The molecular formula is C18H21N5O2S. The number of hydrogen-bond donors (Lipinski definition) is 2. The average Bonchev–Trinajstić information content (AvgIpc) is 3.22. The molecule has 4 heterocycles. The summed E-state index contributed by atoms with van der Waals surface area (Å²) >= 11 is -1.07. The second-order valence-electron chi connectivity index (χ2n) is 7.37. The van der Waals surface area contributed by atoms with Crippen LogP contribution in [0.4, 0.5) is 11.8 Å². The molecule has 0 bridgehead atoms. The van der Waals surface area contributed by atoms with Crippen LogP contribution in [0.15, 0.2) is 23.4 Å². The highest BCUT2D eigenvalue weighted by molar-refractivity contribution is 7.91. The van der Waals surface area contributed by atoms with Gasteiger partial charge in [-0.1, -0.05) is 0 Å². The number of nitrogens with zero attached hydrogens (tertiary/aromatic N) is 4. The van der Waals surface area contributed by atoms with Crippen LogP contribution >= 0.6 is 0 Å². The highest BCUT2D eigenvalue weighted by Gasteiger charge is 2.41. The fourth-order valence-corrected chi connectivity index (χ4v) is 5.25. The van der Waals surface area contributed by atoms with Crippen molar-refractivity contribution in [2.24, 2.45) is 0 Å². The van der Waals surface area contributed by atoms with Gasteiger partial charge in [0.15, 0.2) is 5.82 Å². The molecule has 3 aliphatic rings. The van der Waals surface area contributed by atoms with E-state index in [0.717, 1.165) is 42.9 Å². The number of aliphatic hydroxyl groups is 1. The molecule has 2 aliphatic heterocycles. The number of hydrogen-bond acceptors (Lipinski definition) is 7. The summed E-state index contributed by atoms with van der Waals surface area (Å²) in [5, 5.41) is 13.2. The van der Waals surface area contributed by atoms with Crippen LogP contribution in [0.2, 0.25) is 0 Å². The Labute approximate surface area is 155 Å². The van der Waals surface area contributed by atoms with Gasteiger partial charge in [-0.25, -0.2) is 4.98 Å². The zero-order chi connectivity index (χ0) is 17.7. The predicted octanol–water partition coefficient (Wildman–Crippen LogP) is 1.38. The van der Waals surface area contributed by atoms with Crippen LogP contribution in [0.5, 0.6) is 0 Å². The molecule has 0 unspecified atom stereocenters. The molecule has 0 aromatic carbocycles. The van der Waals surface area contributed by atoms with Crippen LogP contribution in [0.3, 0.4) is 0 Å². The molecule has 2 aromatic heterocycles. The molecule has 8 heteroatoms. The topological polar surface area (TPSA) is 97.2 Å². The fraction of sp³-hybridized carbons (Fsp3) is 0.500. The Kier molecular flexibility index (Phi) is 3.80. The Morgan fingerprint density at radius 1 is 1.27 bits per heavy atom. The molecule has 0 radical (unpaired) electrons. The molecule has 136 valence electrons. The van der Waals surface area contributed by atoms with Crippen molar-refractivity contribution < 1.29 is 9.66 Å². The molecule has 5 rings (SSSR count). The van der Waals surface area contributed by atoms with Gasteiger partial charge in [-0.05, 0) is 47.6 Å². The third-order valence-corrected chi connectivity index (χ3v) is 7.14. The first-order valence-corrected chi connectivity index (χ1v) is 10.3. The third kappa shape index (κ3) is 2.55. The quantitative estimate of drug-likeness (QED) is 0.784. The minimum Gasteiger partial charge on any atom is -0.611 e. The van der Waals surface area contributed by atoms with E-state index in [9.17, 15) is 9.66 Å². The van der Waals surface area contributed by atoms with Gasteiger partial charge in [-0.2, -0.15) is 4.98 Å². The number of nitrogens with one attached hydrogen (secondary N) is 1. The van der Waals surface area contributed by atoms with Crippen molar-refractivity contribution in [1.29, 1.82) is 0 Å². The summed E-state index contributed by atoms with van der Waals surface area (Å²) in [7, 11) is 0. The van der Waals surface area contributed by atoms with E-state index in [4.69, 9.17) is 9.97 Å². The Hall–Kier alpha value is -1.90. The Morgan fingerprint density at radius 3 is 2.85 bits per heavy atom. The normalized spacial score (nSPS) is 22.7. The monoisotopic (exact) mass is 371 g/mol. The Morgan fingerprint density at radius 2 is 2.12 bits per heavy atom. The highest BCUT2D eigenvalue weighted by Crippen LogP contribution is 2.39. The second kappa shape index (κ2) is 6.07. The van der Waals surface area contributed by atoms with Gasteiger partial charge in [0.25, 0.3) is 0 Å². The van der Waals surface area contributed by atoms with Gasteiger partial charge >= 0.3 is 0 Å². The lowest BCUT2D eigenvalue weighted by Crippen LogP contribution is -2.48. The first kappa shape index (κ1) is 16.3. The van der Waals surface area contributed by atoms with Gasteiger partial charge < -0.3 is 19.9 Å². The van der Waals surface area contributed by atoms with Crippen molar-refractivity contribution >= 4 is 22.9 Å². The van der Waals surface area contributed by atoms with E-state index in [-0.39, 0.29) is 12.1 Å². The van der Waals surface area contributed by atoms with Gasteiger partial charge in [0.05, 0.1) is 12.1 Å². The van der Waals surface area contributed by atoms with Crippen LogP contribution in [0.25, 0.3) is 0 Å². The molecule has 0 amide bonds. The van der Waals surface area contributed by atoms with E-state index in [1.54, 1.807) is 0 Å².